The van der Waals surface area contributed by atoms with Gasteiger partial charge in [0.1, 0.15) is 5.54 Å². The van der Waals surface area contributed by atoms with Gasteiger partial charge in [-0.2, -0.15) is 0 Å². The summed E-state index contributed by atoms with van der Waals surface area (Å²) in [5.74, 6) is -3.39. The number of esters is 1. The number of carbonyl (C=O) groups excluding carboxylic acids is 1. The molecular weight excluding hydrogens is 216 g/mol. The highest BCUT2D eigenvalue weighted by molar-refractivity contribution is 6.18. The van der Waals surface area contributed by atoms with Gasteiger partial charge in [-0.1, -0.05) is 0 Å². The summed E-state index contributed by atoms with van der Waals surface area (Å²) in [5, 5.41) is 2.50. The Kier molecular flexibility index (Phi) is 3.32. The minimum absolute atomic E-state index is 0.137. The molecule has 0 spiro atoms. The highest BCUT2D eigenvalue weighted by Crippen LogP contribution is 2.35. The topological polar surface area (TPSA) is 38.3 Å². The molecule has 0 aromatic carbocycles. The van der Waals surface area contributed by atoms with Gasteiger partial charge in [0.05, 0.1) is 13.7 Å². The van der Waals surface area contributed by atoms with E-state index in [9.17, 15) is 13.6 Å². The number of rotatable bonds is 3. The van der Waals surface area contributed by atoms with Crippen LogP contribution in [0.2, 0.25) is 0 Å². The molecule has 1 aliphatic heterocycles. The zero-order valence-corrected chi connectivity index (χ0v) is 8.53. The summed E-state index contributed by atoms with van der Waals surface area (Å²) in [4.78, 5) is 11.3. The molecule has 0 bridgehead atoms. The lowest BCUT2D eigenvalue weighted by Gasteiger charge is -2.24. The van der Waals surface area contributed by atoms with Crippen molar-refractivity contribution in [2.45, 2.75) is 24.3 Å². The van der Waals surface area contributed by atoms with Crippen LogP contribution in [0.5, 0.6) is 0 Å². The number of halogens is 3. The molecule has 1 saturated heterocycles. The molecule has 3 nitrogen and oxygen atoms in total. The summed E-state index contributed by atoms with van der Waals surface area (Å²) < 4.78 is 30.4. The zero-order valence-electron chi connectivity index (χ0n) is 7.78. The maximum atomic E-state index is 12.9. The first-order valence-electron chi connectivity index (χ1n) is 4.23. The molecule has 0 amide bonds. The molecule has 1 heterocycles. The SMILES string of the molecule is COC(=O)[C@]1(CCCl)CC(F)(F)CN1. The predicted molar refractivity (Wildman–Crippen MR) is 47.7 cm³/mol. The smallest absolute Gasteiger partial charge is 0.326 e. The highest BCUT2D eigenvalue weighted by Gasteiger charge is 2.53. The summed E-state index contributed by atoms with van der Waals surface area (Å²) in [6.07, 6.45) is -0.393. The van der Waals surface area contributed by atoms with E-state index in [1.165, 1.54) is 7.11 Å². The van der Waals surface area contributed by atoms with Gasteiger partial charge in [0.25, 0.3) is 5.92 Å². The number of alkyl halides is 3. The van der Waals surface area contributed by atoms with Crippen LogP contribution < -0.4 is 5.32 Å². The maximum Gasteiger partial charge on any atom is 0.326 e. The Hall–Kier alpha value is -0.420. The summed E-state index contributed by atoms with van der Waals surface area (Å²) in [7, 11) is 1.18. The summed E-state index contributed by atoms with van der Waals surface area (Å²) in [6.45, 7) is -0.501. The van der Waals surface area contributed by atoms with E-state index in [0.29, 0.717) is 0 Å². The van der Waals surface area contributed by atoms with E-state index in [2.05, 4.69) is 10.1 Å². The molecular formula is C8H12ClF2NO2. The van der Waals surface area contributed by atoms with Crippen LogP contribution in [0.4, 0.5) is 8.78 Å². The first kappa shape index (κ1) is 11.7. The fraction of sp³-hybridized carbons (Fsp3) is 0.875. The molecule has 0 unspecified atom stereocenters. The summed E-state index contributed by atoms with van der Waals surface area (Å²) >= 11 is 5.47. The van der Waals surface area contributed by atoms with Crippen molar-refractivity contribution in [3.63, 3.8) is 0 Å². The van der Waals surface area contributed by atoms with Crippen molar-refractivity contribution in [1.82, 2.24) is 5.32 Å². The third kappa shape index (κ3) is 2.15. The molecule has 1 fully saturated rings. The molecule has 0 aromatic heterocycles. The fourth-order valence-corrected chi connectivity index (χ4v) is 1.97. The zero-order chi connectivity index (χ0) is 10.8. The van der Waals surface area contributed by atoms with Crippen molar-refractivity contribution in [3.8, 4) is 0 Å². The van der Waals surface area contributed by atoms with Gasteiger partial charge in [-0.3, -0.25) is 10.1 Å². The van der Waals surface area contributed by atoms with E-state index in [-0.39, 0.29) is 12.3 Å². The van der Waals surface area contributed by atoms with Crippen molar-refractivity contribution in [1.29, 1.82) is 0 Å². The summed E-state index contributed by atoms with van der Waals surface area (Å²) in [6, 6.07) is 0. The molecule has 1 rings (SSSR count). The quantitative estimate of drug-likeness (QED) is 0.581. The van der Waals surface area contributed by atoms with Crippen LogP contribution in [0.25, 0.3) is 0 Å². The molecule has 0 aliphatic carbocycles. The molecule has 14 heavy (non-hydrogen) atoms. The minimum Gasteiger partial charge on any atom is -0.468 e. The van der Waals surface area contributed by atoms with Gasteiger partial charge >= 0.3 is 5.97 Å². The van der Waals surface area contributed by atoms with E-state index in [1.54, 1.807) is 0 Å². The monoisotopic (exact) mass is 227 g/mol. The van der Waals surface area contributed by atoms with Crippen molar-refractivity contribution in [2.24, 2.45) is 0 Å². The Morgan fingerprint density at radius 1 is 1.64 bits per heavy atom. The van der Waals surface area contributed by atoms with Gasteiger partial charge in [-0.25, -0.2) is 8.78 Å². The van der Waals surface area contributed by atoms with Gasteiger partial charge in [0, 0.05) is 12.3 Å². The van der Waals surface area contributed by atoms with Crippen molar-refractivity contribution in [3.05, 3.63) is 0 Å². The number of carbonyl (C=O) groups is 1. The fourth-order valence-electron chi connectivity index (χ4n) is 1.64. The second-order valence-electron chi connectivity index (χ2n) is 3.40. The van der Waals surface area contributed by atoms with Crippen LogP contribution in [0, 0.1) is 0 Å². The predicted octanol–water partition coefficient (Wildman–Crippen LogP) is 1.16. The van der Waals surface area contributed by atoms with Crippen LogP contribution in [-0.4, -0.2) is 37.0 Å². The molecule has 1 aliphatic rings. The second kappa shape index (κ2) is 3.98. The average molecular weight is 228 g/mol. The van der Waals surface area contributed by atoms with Crippen LogP contribution in [-0.2, 0) is 9.53 Å². The van der Waals surface area contributed by atoms with Gasteiger partial charge < -0.3 is 4.74 Å². The summed E-state index contributed by atoms with van der Waals surface area (Å²) in [5.41, 5.74) is -1.31. The Morgan fingerprint density at radius 2 is 2.29 bits per heavy atom. The van der Waals surface area contributed by atoms with E-state index >= 15 is 0 Å². The Bertz CT molecular complexity index is 237. The third-order valence-corrected chi connectivity index (χ3v) is 2.53. The van der Waals surface area contributed by atoms with Crippen LogP contribution in [0.1, 0.15) is 12.8 Å². The molecule has 0 radical (unpaired) electrons. The number of hydrogen-bond donors (Lipinski definition) is 1. The Labute approximate surface area is 85.7 Å². The van der Waals surface area contributed by atoms with E-state index in [0.717, 1.165) is 0 Å². The van der Waals surface area contributed by atoms with Crippen LogP contribution in [0.15, 0.2) is 0 Å². The normalized spacial score (nSPS) is 30.3. The lowest BCUT2D eigenvalue weighted by Crippen LogP contribution is -2.48. The van der Waals surface area contributed by atoms with E-state index in [1.807, 2.05) is 0 Å². The molecule has 1 atom stereocenters. The molecule has 1 N–H and O–H groups in total. The standard InChI is InChI=1S/C8H12ClF2NO2/c1-14-6(13)7(2-3-9)4-8(10,11)5-12-7/h12H,2-5H2,1H3/t7-/m0/s1. The van der Waals surface area contributed by atoms with Crippen molar-refractivity contribution in [2.75, 3.05) is 19.5 Å². The lowest BCUT2D eigenvalue weighted by molar-refractivity contribution is -0.149. The minimum atomic E-state index is -2.86. The Morgan fingerprint density at radius 3 is 2.64 bits per heavy atom. The third-order valence-electron chi connectivity index (χ3n) is 2.34. The number of methoxy groups -OCH3 is 1. The van der Waals surface area contributed by atoms with Gasteiger partial charge in [0.15, 0.2) is 0 Å². The largest absolute Gasteiger partial charge is 0.468 e. The maximum absolute atomic E-state index is 12.9. The average Bonchev–Trinajstić information content (AvgIpc) is 2.42. The van der Waals surface area contributed by atoms with Crippen LogP contribution >= 0.6 is 11.6 Å². The molecule has 0 aromatic rings. The first-order chi connectivity index (χ1) is 6.46. The van der Waals surface area contributed by atoms with Crippen LogP contribution in [0.3, 0.4) is 0 Å². The number of hydrogen-bond acceptors (Lipinski definition) is 3. The molecule has 82 valence electrons. The lowest BCUT2D eigenvalue weighted by atomic mass is 9.93. The molecule has 0 saturated carbocycles. The number of ether oxygens (including phenoxy) is 1. The van der Waals surface area contributed by atoms with Crippen molar-refractivity contribution >= 4 is 17.6 Å². The van der Waals surface area contributed by atoms with E-state index < -0.39 is 30.4 Å². The van der Waals surface area contributed by atoms with Gasteiger partial charge in [-0.05, 0) is 6.42 Å². The van der Waals surface area contributed by atoms with Gasteiger partial charge in [-0.15, -0.1) is 11.6 Å². The van der Waals surface area contributed by atoms with E-state index in [4.69, 9.17) is 11.6 Å². The second-order valence-corrected chi connectivity index (χ2v) is 3.78. The first-order valence-corrected chi connectivity index (χ1v) is 4.76. The van der Waals surface area contributed by atoms with Crippen molar-refractivity contribution < 1.29 is 18.3 Å². The molecule has 6 heteroatoms. The van der Waals surface area contributed by atoms with Gasteiger partial charge in [0.2, 0.25) is 0 Å². The highest BCUT2D eigenvalue weighted by atomic mass is 35.5. The Balaban J connectivity index is 2.80. The number of nitrogens with one attached hydrogen (secondary N) is 1.